The van der Waals surface area contributed by atoms with Crippen molar-refractivity contribution in [3.05, 3.63) is 60.2 Å². The second-order valence-electron chi connectivity index (χ2n) is 6.18. The van der Waals surface area contributed by atoms with Crippen LogP contribution < -0.4 is 5.32 Å². The van der Waals surface area contributed by atoms with Crippen LogP contribution in [-0.2, 0) is 14.3 Å². The van der Waals surface area contributed by atoms with Crippen LogP contribution in [0.1, 0.15) is 30.6 Å². The quantitative estimate of drug-likeness (QED) is 0.472. The molecule has 0 aromatic heterocycles. The third-order valence-corrected chi connectivity index (χ3v) is 5.14. The van der Waals surface area contributed by atoms with E-state index in [2.05, 4.69) is 5.32 Å². The van der Waals surface area contributed by atoms with Crippen LogP contribution in [0.15, 0.2) is 59.5 Å². The van der Waals surface area contributed by atoms with Crippen LogP contribution in [0.3, 0.4) is 0 Å². The van der Waals surface area contributed by atoms with E-state index >= 15 is 0 Å². The average Bonchev–Trinajstić information content (AvgIpc) is 2.74. The maximum atomic E-state index is 12.4. The van der Waals surface area contributed by atoms with E-state index in [1.54, 1.807) is 40.9 Å². The van der Waals surface area contributed by atoms with Crippen molar-refractivity contribution in [1.82, 2.24) is 4.90 Å². The Morgan fingerprint density at radius 3 is 2.41 bits per heavy atom. The molecule has 0 fully saturated rings. The summed E-state index contributed by atoms with van der Waals surface area (Å²) in [5.74, 6) is -0.371. The van der Waals surface area contributed by atoms with Crippen molar-refractivity contribution >= 4 is 35.2 Å². The number of nitrogens with zero attached hydrogens (tertiary/aromatic N) is 1. The molecule has 0 radical (unpaired) electrons. The Bertz CT molecular complexity index is 823. The second-order valence-corrected chi connectivity index (χ2v) is 7.35. The van der Waals surface area contributed by atoms with E-state index in [0.29, 0.717) is 30.1 Å². The zero-order valence-corrected chi connectivity index (χ0v) is 17.5. The first-order chi connectivity index (χ1) is 14.0. The van der Waals surface area contributed by atoms with Gasteiger partial charge in [-0.3, -0.25) is 14.4 Å². The summed E-state index contributed by atoms with van der Waals surface area (Å²) in [6, 6.07) is 16.5. The Balaban J connectivity index is 1.76. The average molecular weight is 415 g/mol. The summed E-state index contributed by atoms with van der Waals surface area (Å²) in [5, 5.41) is 2.66. The summed E-state index contributed by atoms with van der Waals surface area (Å²) in [4.78, 5) is 39.0. The first-order valence-corrected chi connectivity index (χ1v) is 10.5. The molecule has 0 saturated carbocycles. The number of esters is 1. The van der Waals surface area contributed by atoms with Crippen molar-refractivity contribution in [3.63, 3.8) is 0 Å². The Kier molecular flexibility index (Phi) is 9.24. The van der Waals surface area contributed by atoms with Gasteiger partial charge in [0, 0.05) is 35.0 Å². The molecule has 0 bridgehead atoms. The molecular formula is C22H26N2O4S. The van der Waals surface area contributed by atoms with Crippen LogP contribution >= 0.6 is 11.8 Å². The van der Waals surface area contributed by atoms with Crippen molar-refractivity contribution in [2.75, 3.05) is 30.8 Å². The van der Waals surface area contributed by atoms with Gasteiger partial charge in [-0.15, -0.1) is 11.8 Å². The number of anilines is 1. The topological polar surface area (TPSA) is 75.7 Å². The monoisotopic (exact) mass is 414 g/mol. The van der Waals surface area contributed by atoms with Gasteiger partial charge in [-0.05, 0) is 44.2 Å². The van der Waals surface area contributed by atoms with Gasteiger partial charge < -0.3 is 15.0 Å². The van der Waals surface area contributed by atoms with Crippen molar-refractivity contribution in [2.24, 2.45) is 0 Å². The molecule has 0 unspecified atom stereocenters. The van der Waals surface area contributed by atoms with E-state index in [1.807, 2.05) is 44.2 Å². The lowest BCUT2D eigenvalue weighted by atomic mass is 10.1. The molecule has 2 amide bonds. The van der Waals surface area contributed by atoms with Gasteiger partial charge in [-0.1, -0.05) is 24.3 Å². The highest BCUT2D eigenvalue weighted by molar-refractivity contribution is 7.99. The molecule has 0 saturated heterocycles. The van der Waals surface area contributed by atoms with Crippen molar-refractivity contribution in [3.8, 4) is 0 Å². The zero-order chi connectivity index (χ0) is 21.1. The van der Waals surface area contributed by atoms with Gasteiger partial charge >= 0.3 is 5.97 Å². The predicted octanol–water partition coefficient (Wildman–Crippen LogP) is 3.83. The van der Waals surface area contributed by atoms with Crippen LogP contribution in [-0.4, -0.2) is 48.1 Å². The molecule has 0 atom stereocenters. The lowest BCUT2D eigenvalue weighted by Gasteiger charge is -2.19. The summed E-state index contributed by atoms with van der Waals surface area (Å²) in [6.07, 6.45) is 0.223. The van der Waals surface area contributed by atoms with Gasteiger partial charge in [0.2, 0.25) is 0 Å². The number of rotatable bonds is 10. The number of ether oxygens (including phenoxy) is 1. The molecule has 0 spiro atoms. The third kappa shape index (κ3) is 7.62. The molecule has 0 aliphatic carbocycles. The van der Waals surface area contributed by atoms with Gasteiger partial charge in [-0.2, -0.15) is 0 Å². The smallest absolute Gasteiger partial charge is 0.307 e. The van der Waals surface area contributed by atoms with Gasteiger partial charge in [0.25, 0.3) is 11.8 Å². The number of carbonyl (C=O) groups is 3. The fraction of sp³-hybridized carbons (Fsp3) is 0.318. The van der Waals surface area contributed by atoms with Gasteiger partial charge in [-0.25, -0.2) is 0 Å². The Morgan fingerprint density at radius 1 is 1.00 bits per heavy atom. The van der Waals surface area contributed by atoms with Crippen molar-refractivity contribution in [2.45, 2.75) is 25.2 Å². The number of amides is 2. The fourth-order valence-electron chi connectivity index (χ4n) is 2.61. The van der Waals surface area contributed by atoms with E-state index in [1.165, 1.54) is 0 Å². The van der Waals surface area contributed by atoms with Crippen LogP contribution in [0, 0.1) is 0 Å². The molecule has 2 rings (SSSR count). The minimum absolute atomic E-state index is 0.0894. The molecule has 7 heteroatoms. The van der Waals surface area contributed by atoms with E-state index in [-0.39, 0.29) is 18.9 Å². The first-order valence-electron chi connectivity index (χ1n) is 9.56. The van der Waals surface area contributed by atoms with Crippen LogP contribution in [0.25, 0.3) is 0 Å². The van der Waals surface area contributed by atoms with Gasteiger partial charge in [0.1, 0.15) is 0 Å². The molecule has 1 N–H and O–H groups in total. The number of nitrogens with one attached hydrogen (secondary N) is 1. The van der Waals surface area contributed by atoms with Crippen molar-refractivity contribution < 1.29 is 19.1 Å². The van der Waals surface area contributed by atoms with Crippen LogP contribution in [0.2, 0.25) is 0 Å². The van der Waals surface area contributed by atoms with E-state index < -0.39 is 11.9 Å². The standard InChI is InChI=1S/C22H26N2O4S/c1-3-24(4-2)22(27)17-9-8-10-18(15-17)23-20(25)16-28-21(26)13-14-29-19-11-6-5-7-12-19/h5-12,15H,3-4,13-14,16H2,1-2H3,(H,23,25). The molecule has 154 valence electrons. The highest BCUT2D eigenvalue weighted by Crippen LogP contribution is 2.18. The molecular weight excluding hydrogens is 388 g/mol. The van der Waals surface area contributed by atoms with Gasteiger partial charge in [0.05, 0.1) is 6.42 Å². The normalized spacial score (nSPS) is 10.3. The lowest BCUT2D eigenvalue weighted by Crippen LogP contribution is -2.30. The highest BCUT2D eigenvalue weighted by Gasteiger charge is 2.14. The van der Waals surface area contributed by atoms with Crippen molar-refractivity contribution in [1.29, 1.82) is 0 Å². The molecule has 6 nitrogen and oxygen atoms in total. The van der Waals surface area contributed by atoms with Crippen LogP contribution in [0.4, 0.5) is 5.69 Å². The number of thioether (sulfide) groups is 1. The predicted molar refractivity (Wildman–Crippen MR) is 115 cm³/mol. The van der Waals surface area contributed by atoms with Gasteiger partial charge in [0.15, 0.2) is 6.61 Å². The Hall–Kier alpha value is -2.80. The van der Waals surface area contributed by atoms with E-state index in [0.717, 1.165) is 4.90 Å². The SMILES string of the molecule is CCN(CC)C(=O)c1cccc(NC(=O)COC(=O)CCSc2ccccc2)c1. The largest absolute Gasteiger partial charge is 0.456 e. The highest BCUT2D eigenvalue weighted by atomic mass is 32.2. The maximum Gasteiger partial charge on any atom is 0.307 e. The Morgan fingerprint density at radius 2 is 1.72 bits per heavy atom. The number of hydrogen-bond donors (Lipinski definition) is 1. The molecule has 29 heavy (non-hydrogen) atoms. The minimum Gasteiger partial charge on any atom is -0.456 e. The number of benzene rings is 2. The molecule has 0 aliphatic heterocycles. The minimum atomic E-state index is -0.443. The second kappa shape index (κ2) is 11.9. The summed E-state index contributed by atoms with van der Waals surface area (Å²) >= 11 is 1.56. The Labute approximate surface area is 175 Å². The summed E-state index contributed by atoms with van der Waals surface area (Å²) in [5.41, 5.74) is 0.991. The number of hydrogen-bond acceptors (Lipinski definition) is 5. The maximum absolute atomic E-state index is 12.4. The third-order valence-electron chi connectivity index (χ3n) is 4.13. The summed E-state index contributed by atoms with van der Waals surface area (Å²) in [7, 11) is 0. The number of carbonyl (C=O) groups excluding carboxylic acids is 3. The summed E-state index contributed by atoms with van der Waals surface area (Å²) < 4.78 is 5.03. The molecule has 0 heterocycles. The molecule has 0 aliphatic rings. The van der Waals surface area contributed by atoms with Crippen LogP contribution in [0.5, 0.6) is 0 Å². The van der Waals surface area contributed by atoms with E-state index in [4.69, 9.17) is 4.74 Å². The first kappa shape index (κ1) is 22.5. The lowest BCUT2D eigenvalue weighted by molar-refractivity contribution is -0.146. The van der Waals surface area contributed by atoms with E-state index in [9.17, 15) is 14.4 Å². The molecule has 2 aromatic carbocycles. The summed E-state index contributed by atoms with van der Waals surface area (Å²) in [6.45, 7) is 4.71. The fourth-order valence-corrected chi connectivity index (χ4v) is 3.46. The molecule has 2 aromatic rings. The zero-order valence-electron chi connectivity index (χ0n) is 16.7.